The molecule has 2 amide bonds. The first-order valence-electron chi connectivity index (χ1n) is 8.38. The van der Waals surface area contributed by atoms with Crippen LogP contribution in [0.2, 0.25) is 0 Å². The zero-order valence-electron chi connectivity index (χ0n) is 14.3. The maximum atomic E-state index is 11.4. The lowest BCUT2D eigenvalue weighted by molar-refractivity contribution is 0.254. The molecule has 0 saturated carbocycles. The first kappa shape index (κ1) is 15.9. The summed E-state index contributed by atoms with van der Waals surface area (Å²) in [6, 6.07) is 23.6. The molecule has 4 rings (SSSR count). The standard InChI is InChI=1S/C21H18N4O/c1-22-21(26)24-15-12-10-14(11-13-15)23-20-16-6-2-4-8-18(16)25-19-9-5-3-7-17(19)20/h2-13H,1H3,(H,23,25)(H2,22,24,26). The molecule has 26 heavy (non-hydrogen) atoms. The molecule has 3 aromatic carbocycles. The van der Waals surface area contributed by atoms with Crippen molar-refractivity contribution in [1.82, 2.24) is 10.3 Å². The maximum Gasteiger partial charge on any atom is 0.318 e. The van der Waals surface area contributed by atoms with Crippen molar-refractivity contribution in [3.05, 3.63) is 72.8 Å². The highest BCUT2D eigenvalue weighted by Gasteiger charge is 2.09. The van der Waals surface area contributed by atoms with E-state index in [9.17, 15) is 4.79 Å². The number of rotatable bonds is 3. The van der Waals surface area contributed by atoms with Gasteiger partial charge in [0.15, 0.2) is 0 Å². The average molecular weight is 342 g/mol. The number of carbonyl (C=O) groups is 1. The van der Waals surface area contributed by atoms with Gasteiger partial charge in [-0.2, -0.15) is 0 Å². The number of para-hydroxylation sites is 2. The van der Waals surface area contributed by atoms with Gasteiger partial charge < -0.3 is 16.0 Å². The molecule has 0 bridgehead atoms. The summed E-state index contributed by atoms with van der Waals surface area (Å²) in [5, 5.41) is 10.9. The Morgan fingerprint density at radius 3 is 1.88 bits per heavy atom. The molecule has 0 fully saturated rings. The number of hydrogen-bond acceptors (Lipinski definition) is 3. The van der Waals surface area contributed by atoms with Crippen LogP contribution in [0.15, 0.2) is 72.8 Å². The Bertz CT molecular complexity index is 1040. The van der Waals surface area contributed by atoms with Crippen molar-refractivity contribution >= 4 is 44.9 Å². The van der Waals surface area contributed by atoms with Gasteiger partial charge in [0.25, 0.3) is 0 Å². The Morgan fingerprint density at radius 1 is 0.769 bits per heavy atom. The van der Waals surface area contributed by atoms with Gasteiger partial charge in [-0.05, 0) is 36.4 Å². The van der Waals surface area contributed by atoms with Crippen molar-refractivity contribution in [2.45, 2.75) is 0 Å². The SMILES string of the molecule is CNC(=O)Nc1ccc(Nc2c3ccccc3nc3ccccc23)cc1. The first-order chi connectivity index (χ1) is 12.7. The Balaban J connectivity index is 1.75. The van der Waals surface area contributed by atoms with Gasteiger partial charge >= 0.3 is 6.03 Å². The first-order valence-corrected chi connectivity index (χ1v) is 8.38. The van der Waals surface area contributed by atoms with Crippen LogP contribution in [0.1, 0.15) is 0 Å². The molecule has 0 unspecified atom stereocenters. The molecule has 0 saturated heterocycles. The van der Waals surface area contributed by atoms with Gasteiger partial charge in [-0.1, -0.05) is 36.4 Å². The molecule has 0 spiro atoms. The minimum absolute atomic E-state index is 0.239. The summed E-state index contributed by atoms with van der Waals surface area (Å²) in [4.78, 5) is 16.1. The number of aromatic nitrogens is 1. The van der Waals surface area contributed by atoms with Crippen LogP contribution >= 0.6 is 0 Å². The lowest BCUT2D eigenvalue weighted by atomic mass is 10.1. The zero-order valence-corrected chi connectivity index (χ0v) is 14.3. The quantitative estimate of drug-likeness (QED) is 0.465. The number of carbonyl (C=O) groups excluding carboxylic acids is 1. The molecule has 4 aromatic rings. The molecular weight excluding hydrogens is 324 g/mol. The smallest absolute Gasteiger partial charge is 0.318 e. The number of pyridine rings is 1. The normalized spacial score (nSPS) is 10.7. The number of fused-ring (bicyclic) bond motifs is 2. The van der Waals surface area contributed by atoms with Gasteiger partial charge in [-0.3, -0.25) is 0 Å². The molecule has 1 heterocycles. The third-order valence-electron chi connectivity index (χ3n) is 4.23. The number of nitrogens with zero attached hydrogens (tertiary/aromatic N) is 1. The van der Waals surface area contributed by atoms with Crippen LogP contribution in [0.25, 0.3) is 21.8 Å². The lowest BCUT2D eigenvalue weighted by Gasteiger charge is -2.14. The molecule has 5 nitrogen and oxygen atoms in total. The molecule has 0 radical (unpaired) electrons. The second kappa shape index (κ2) is 6.72. The molecule has 0 atom stereocenters. The van der Waals surface area contributed by atoms with Crippen molar-refractivity contribution in [1.29, 1.82) is 0 Å². The third-order valence-corrected chi connectivity index (χ3v) is 4.23. The largest absolute Gasteiger partial charge is 0.354 e. The van der Waals surface area contributed by atoms with Crippen LogP contribution in [-0.4, -0.2) is 18.1 Å². The second-order valence-corrected chi connectivity index (χ2v) is 5.93. The van der Waals surface area contributed by atoms with Crippen molar-refractivity contribution < 1.29 is 4.79 Å². The van der Waals surface area contributed by atoms with E-state index in [-0.39, 0.29) is 6.03 Å². The Kier molecular flexibility index (Phi) is 4.11. The highest BCUT2D eigenvalue weighted by molar-refractivity contribution is 6.08. The fraction of sp³-hybridized carbons (Fsp3) is 0.0476. The molecule has 0 aliphatic heterocycles. The minimum atomic E-state index is -0.239. The molecule has 1 aromatic heterocycles. The Morgan fingerprint density at radius 2 is 1.31 bits per heavy atom. The monoisotopic (exact) mass is 342 g/mol. The zero-order chi connectivity index (χ0) is 17.9. The van der Waals surface area contributed by atoms with Crippen LogP contribution < -0.4 is 16.0 Å². The molecule has 0 aliphatic carbocycles. The number of amides is 2. The van der Waals surface area contributed by atoms with Crippen molar-refractivity contribution in [2.24, 2.45) is 0 Å². The van der Waals surface area contributed by atoms with Gasteiger partial charge in [-0.25, -0.2) is 9.78 Å². The van der Waals surface area contributed by atoms with Crippen LogP contribution in [0.5, 0.6) is 0 Å². The molecular formula is C21H18N4O. The highest BCUT2D eigenvalue weighted by atomic mass is 16.2. The highest BCUT2D eigenvalue weighted by Crippen LogP contribution is 2.33. The Labute approximate surface area is 151 Å². The van der Waals surface area contributed by atoms with Gasteiger partial charge in [0.05, 0.1) is 16.7 Å². The maximum absolute atomic E-state index is 11.4. The van der Waals surface area contributed by atoms with E-state index in [0.717, 1.165) is 38.9 Å². The van der Waals surface area contributed by atoms with E-state index < -0.39 is 0 Å². The molecule has 0 aliphatic rings. The number of hydrogen-bond donors (Lipinski definition) is 3. The van der Waals surface area contributed by atoms with Crippen LogP contribution in [0.3, 0.4) is 0 Å². The number of anilines is 3. The van der Waals surface area contributed by atoms with Crippen molar-refractivity contribution in [2.75, 3.05) is 17.7 Å². The molecule has 3 N–H and O–H groups in total. The second-order valence-electron chi connectivity index (χ2n) is 5.93. The minimum Gasteiger partial charge on any atom is -0.354 e. The van der Waals surface area contributed by atoms with E-state index >= 15 is 0 Å². The molecule has 128 valence electrons. The summed E-state index contributed by atoms with van der Waals surface area (Å²) in [5.41, 5.74) is 4.60. The summed E-state index contributed by atoms with van der Waals surface area (Å²) in [5.74, 6) is 0. The van der Waals surface area contributed by atoms with Crippen molar-refractivity contribution in [3.63, 3.8) is 0 Å². The average Bonchev–Trinajstić information content (AvgIpc) is 2.69. The summed E-state index contributed by atoms with van der Waals surface area (Å²) in [6.45, 7) is 0. The summed E-state index contributed by atoms with van der Waals surface area (Å²) in [7, 11) is 1.59. The van der Waals surface area contributed by atoms with Gasteiger partial charge in [0, 0.05) is 29.2 Å². The van der Waals surface area contributed by atoms with E-state index in [1.807, 2.05) is 60.7 Å². The van der Waals surface area contributed by atoms with E-state index in [2.05, 4.69) is 28.1 Å². The van der Waals surface area contributed by atoms with Crippen LogP contribution in [0, 0.1) is 0 Å². The van der Waals surface area contributed by atoms with Gasteiger partial charge in [0.2, 0.25) is 0 Å². The van der Waals surface area contributed by atoms with Crippen molar-refractivity contribution in [3.8, 4) is 0 Å². The number of benzene rings is 3. The fourth-order valence-corrected chi connectivity index (χ4v) is 2.95. The predicted octanol–water partition coefficient (Wildman–Crippen LogP) is 4.88. The van der Waals surface area contributed by atoms with E-state index in [1.54, 1.807) is 7.05 Å². The van der Waals surface area contributed by atoms with Crippen LogP contribution in [-0.2, 0) is 0 Å². The summed E-state index contributed by atoms with van der Waals surface area (Å²) in [6.07, 6.45) is 0. The number of nitrogens with one attached hydrogen (secondary N) is 3. The van der Waals surface area contributed by atoms with Gasteiger partial charge in [-0.15, -0.1) is 0 Å². The lowest BCUT2D eigenvalue weighted by Crippen LogP contribution is -2.24. The Hall–Kier alpha value is -3.60. The predicted molar refractivity (Wildman–Crippen MR) is 107 cm³/mol. The van der Waals surface area contributed by atoms with Crippen LogP contribution in [0.4, 0.5) is 21.9 Å². The topological polar surface area (TPSA) is 66.1 Å². The van der Waals surface area contributed by atoms with E-state index in [4.69, 9.17) is 4.98 Å². The number of urea groups is 1. The van der Waals surface area contributed by atoms with E-state index in [1.165, 1.54) is 0 Å². The molecule has 5 heteroatoms. The fourth-order valence-electron chi connectivity index (χ4n) is 2.95. The van der Waals surface area contributed by atoms with Gasteiger partial charge in [0.1, 0.15) is 0 Å². The summed E-state index contributed by atoms with van der Waals surface area (Å²) >= 11 is 0. The van der Waals surface area contributed by atoms with E-state index in [0.29, 0.717) is 0 Å². The third kappa shape index (κ3) is 3.02. The summed E-state index contributed by atoms with van der Waals surface area (Å²) < 4.78 is 0.